The van der Waals surface area contributed by atoms with Crippen molar-refractivity contribution in [2.24, 2.45) is 5.92 Å². The maximum Gasteiger partial charge on any atom is 0.164 e. The molecule has 1 aliphatic carbocycles. The number of thioether (sulfide) groups is 1. The van der Waals surface area contributed by atoms with E-state index in [0.29, 0.717) is 30.3 Å². The number of carbonyl (C=O) groups is 1. The molecule has 22 heavy (non-hydrogen) atoms. The lowest BCUT2D eigenvalue weighted by atomic mass is 9.81. The highest BCUT2D eigenvalue weighted by Gasteiger charge is 2.32. The summed E-state index contributed by atoms with van der Waals surface area (Å²) in [5.41, 5.74) is 3.48. The number of nitrogens with one attached hydrogen (secondary N) is 1. The fraction of sp³-hybridized carbons (Fsp3) is 0.824. The highest BCUT2D eigenvalue weighted by atomic mass is 32.2. The van der Waals surface area contributed by atoms with Crippen molar-refractivity contribution in [3.63, 3.8) is 0 Å². The van der Waals surface area contributed by atoms with Gasteiger partial charge in [0.2, 0.25) is 0 Å². The van der Waals surface area contributed by atoms with Gasteiger partial charge in [0.1, 0.15) is 5.76 Å². The summed E-state index contributed by atoms with van der Waals surface area (Å²) in [6.45, 7) is 8.85. The lowest BCUT2D eigenvalue weighted by Gasteiger charge is -2.29. The minimum atomic E-state index is -0.194. The minimum absolute atomic E-state index is 0.0769. The Kier molecular flexibility index (Phi) is 9.13. The van der Waals surface area contributed by atoms with Gasteiger partial charge in [-0.2, -0.15) is 17.2 Å². The van der Waals surface area contributed by atoms with Crippen LogP contribution in [0, 0.1) is 5.92 Å². The van der Waals surface area contributed by atoms with Crippen LogP contribution in [0.15, 0.2) is 11.3 Å². The zero-order chi connectivity index (χ0) is 16.5. The normalized spacial score (nSPS) is 22.0. The van der Waals surface area contributed by atoms with E-state index in [-0.39, 0.29) is 23.5 Å². The monoisotopic (exact) mass is 329 g/mol. The summed E-state index contributed by atoms with van der Waals surface area (Å²) in [5, 5.41) is 10.9. The van der Waals surface area contributed by atoms with Crippen LogP contribution >= 0.6 is 11.8 Å². The van der Waals surface area contributed by atoms with Crippen LogP contribution in [0.25, 0.3) is 0 Å². The quantitative estimate of drug-likeness (QED) is 0.593. The molecule has 0 heterocycles. The molecule has 3 atom stereocenters. The van der Waals surface area contributed by atoms with Gasteiger partial charge in [-0.3, -0.25) is 4.79 Å². The lowest BCUT2D eigenvalue weighted by Crippen LogP contribution is -2.37. The average Bonchev–Trinajstić information content (AvgIpc) is 2.44. The average molecular weight is 330 g/mol. The second-order valence-electron chi connectivity index (χ2n) is 5.95. The predicted molar refractivity (Wildman–Crippen MR) is 93.1 cm³/mol. The van der Waals surface area contributed by atoms with Crippen molar-refractivity contribution in [2.75, 3.05) is 12.4 Å². The first-order valence-electron chi connectivity index (χ1n) is 8.47. The van der Waals surface area contributed by atoms with Crippen LogP contribution < -0.4 is 5.48 Å². The van der Waals surface area contributed by atoms with Gasteiger partial charge >= 0.3 is 0 Å². The Morgan fingerprint density at radius 1 is 1.36 bits per heavy atom. The summed E-state index contributed by atoms with van der Waals surface area (Å²) >= 11 is 1.91. The lowest BCUT2D eigenvalue weighted by molar-refractivity contribution is -0.118. The molecule has 4 nitrogen and oxygen atoms in total. The molecule has 128 valence electrons. The van der Waals surface area contributed by atoms with Gasteiger partial charge in [0, 0.05) is 18.1 Å². The van der Waals surface area contributed by atoms with E-state index in [0.717, 1.165) is 25.0 Å². The fourth-order valence-electron chi connectivity index (χ4n) is 3.11. The SMILES string of the molecule is CCCC(NOCC)C1=C(O)CC(CC(C)SCC)CC1=O. The summed E-state index contributed by atoms with van der Waals surface area (Å²) in [4.78, 5) is 17.8. The van der Waals surface area contributed by atoms with E-state index < -0.39 is 0 Å². The van der Waals surface area contributed by atoms with Crippen molar-refractivity contribution in [1.82, 2.24) is 5.48 Å². The number of Topliss-reactive ketones (excluding diaryl/α,β-unsaturated/α-hetero) is 1. The summed E-state index contributed by atoms with van der Waals surface area (Å²) < 4.78 is 0. The van der Waals surface area contributed by atoms with Crippen molar-refractivity contribution in [2.45, 2.75) is 71.1 Å². The van der Waals surface area contributed by atoms with Gasteiger partial charge < -0.3 is 9.94 Å². The molecule has 0 bridgehead atoms. The highest BCUT2D eigenvalue weighted by molar-refractivity contribution is 7.99. The number of hydrogen-bond acceptors (Lipinski definition) is 5. The van der Waals surface area contributed by atoms with Crippen LogP contribution in [0.1, 0.15) is 59.8 Å². The molecule has 0 aromatic rings. The van der Waals surface area contributed by atoms with Crippen molar-refractivity contribution >= 4 is 17.5 Å². The third kappa shape index (κ3) is 5.94. The van der Waals surface area contributed by atoms with E-state index in [9.17, 15) is 9.90 Å². The van der Waals surface area contributed by atoms with Crippen LogP contribution in [-0.4, -0.2) is 34.5 Å². The molecule has 5 heteroatoms. The van der Waals surface area contributed by atoms with E-state index in [1.54, 1.807) is 0 Å². The number of hydroxylamine groups is 1. The Bertz CT molecular complexity index is 384. The maximum atomic E-state index is 12.5. The Hall–Kier alpha value is -0.520. The molecule has 3 unspecified atom stereocenters. The van der Waals surface area contributed by atoms with Gasteiger partial charge in [0.25, 0.3) is 0 Å². The topological polar surface area (TPSA) is 58.6 Å². The summed E-state index contributed by atoms with van der Waals surface area (Å²) in [6.07, 6.45) is 3.87. The number of carbonyl (C=O) groups excluding carboxylic acids is 1. The number of ketones is 1. The first kappa shape index (κ1) is 19.5. The molecule has 2 N–H and O–H groups in total. The molecule has 0 saturated heterocycles. The van der Waals surface area contributed by atoms with Gasteiger partial charge in [-0.15, -0.1) is 0 Å². The van der Waals surface area contributed by atoms with Gasteiger partial charge in [-0.05, 0) is 31.4 Å². The summed E-state index contributed by atoms with van der Waals surface area (Å²) in [5.74, 6) is 1.69. The van der Waals surface area contributed by atoms with Crippen molar-refractivity contribution in [3.05, 3.63) is 11.3 Å². The Morgan fingerprint density at radius 2 is 2.09 bits per heavy atom. The van der Waals surface area contributed by atoms with Gasteiger partial charge in [0.05, 0.1) is 18.2 Å². The van der Waals surface area contributed by atoms with Crippen molar-refractivity contribution < 1.29 is 14.7 Å². The second-order valence-corrected chi connectivity index (χ2v) is 7.67. The van der Waals surface area contributed by atoms with Crippen molar-refractivity contribution in [1.29, 1.82) is 0 Å². The van der Waals surface area contributed by atoms with Crippen LogP contribution in [-0.2, 0) is 9.63 Å². The van der Waals surface area contributed by atoms with E-state index in [2.05, 4.69) is 26.3 Å². The standard InChI is InChI=1S/C17H31NO3S/c1-5-8-14(18-21-6-2)17-15(19)10-13(11-16(17)20)9-12(4)22-7-3/h12-14,18-19H,5-11H2,1-4H3. The van der Waals surface area contributed by atoms with E-state index in [4.69, 9.17) is 4.84 Å². The number of aliphatic hydroxyl groups is 1. The molecular weight excluding hydrogens is 298 g/mol. The molecule has 0 aliphatic heterocycles. The molecule has 0 aromatic carbocycles. The number of hydrogen-bond donors (Lipinski definition) is 2. The fourth-order valence-corrected chi connectivity index (χ4v) is 4.08. The Morgan fingerprint density at radius 3 is 2.64 bits per heavy atom. The molecule has 0 saturated carbocycles. The van der Waals surface area contributed by atoms with Crippen LogP contribution in [0.5, 0.6) is 0 Å². The van der Waals surface area contributed by atoms with Gasteiger partial charge in [-0.1, -0.05) is 27.2 Å². The molecule has 1 rings (SSSR count). The van der Waals surface area contributed by atoms with Crippen LogP contribution in [0.2, 0.25) is 0 Å². The van der Waals surface area contributed by atoms with Gasteiger partial charge in [-0.25, -0.2) is 0 Å². The molecule has 1 aliphatic rings. The van der Waals surface area contributed by atoms with Crippen LogP contribution in [0.3, 0.4) is 0 Å². The summed E-state index contributed by atoms with van der Waals surface area (Å²) in [7, 11) is 0. The van der Waals surface area contributed by atoms with Crippen molar-refractivity contribution in [3.8, 4) is 0 Å². The highest BCUT2D eigenvalue weighted by Crippen LogP contribution is 2.33. The largest absolute Gasteiger partial charge is 0.512 e. The number of aliphatic hydroxyl groups excluding tert-OH is 1. The maximum absolute atomic E-state index is 12.5. The van der Waals surface area contributed by atoms with E-state index >= 15 is 0 Å². The second kappa shape index (κ2) is 10.3. The molecule has 0 radical (unpaired) electrons. The third-order valence-corrected chi connectivity index (χ3v) is 5.07. The molecule has 0 fully saturated rings. The number of rotatable bonds is 10. The van der Waals surface area contributed by atoms with E-state index in [1.807, 2.05) is 18.7 Å². The van der Waals surface area contributed by atoms with Gasteiger partial charge in [0.15, 0.2) is 5.78 Å². The number of allylic oxidation sites excluding steroid dienone is 1. The Labute approximate surface area is 139 Å². The van der Waals surface area contributed by atoms with Crippen LogP contribution in [0.4, 0.5) is 0 Å². The first-order valence-corrected chi connectivity index (χ1v) is 9.52. The first-order chi connectivity index (χ1) is 10.5. The zero-order valence-corrected chi connectivity index (χ0v) is 15.2. The Balaban J connectivity index is 2.76. The summed E-state index contributed by atoms with van der Waals surface area (Å²) in [6, 6.07) is -0.194. The van der Waals surface area contributed by atoms with E-state index in [1.165, 1.54) is 0 Å². The smallest absolute Gasteiger partial charge is 0.164 e. The molecular formula is C17H31NO3S. The third-order valence-electron chi connectivity index (χ3n) is 3.98. The molecule has 0 amide bonds. The molecule has 0 spiro atoms. The zero-order valence-electron chi connectivity index (χ0n) is 14.4. The minimum Gasteiger partial charge on any atom is -0.512 e. The predicted octanol–water partition coefficient (Wildman–Crippen LogP) is 4.02. The molecule has 0 aromatic heterocycles.